The zero-order valence-electron chi connectivity index (χ0n) is 7.91. The summed E-state index contributed by atoms with van der Waals surface area (Å²) >= 11 is 5.81. The minimum atomic E-state index is 0.0132. The van der Waals surface area contributed by atoms with Crippen molar-refractivity contribution >= 4 is 11.6 Å². The standard InChI is InChI=1S/C11H14ClNO/c12-10-3-1-8(2-4-10)11(7-13)5-9(11)6-14/h1-4,9,14H,5-7,13H2/t9-,11-/m0/s1. The number of halogens is 1. The van der Waals surface area contributed by atoms with Crippen LogP contribution in [0.4, 0.5) is 0 Å². The summed E-state index contributed by atoms with van der Waals surface area (Å²) in [6.07, 6.45) is 0.988. The molecule has 2 nitrogen and oxygen atoms in total. The van der Waals surface area contributed by atoms with E-state index >= 15 is 0 Å². The van der Waals surface area contributed by atoms with Crippen molar-refractivity contribution in [3.8, 4) is 0 Å². The maximum absolute atomic E-state index is 9.11. The topological polar surface area (TPSA) is 46.2 Å². The first kappa shape index (κ1) is 9.97. The molecule has 0 unspecified atom stereocenters. The minimum absolute atomic E-state index is 0.0132. The van der Waals surface area contributed by atoms with Crippen LogP contribution in [0.1, 0.15) is 12.0 Å². The van der Waals surface area contributed by atoms with E-state index < -0.39 is 0 Å². The lowest BCUT2D eigenvalue weighted by Crippen LogP contribution is -2.23. The van der Waals surface area contributed by atoms with Crippen LogP contribution in [0.25, 0.3) is 0 Å². The molecule has 0 spiro atoms. The zero-order valence-corrected chi connectivity index (χ0v) is 8.67. The van der Waals surface area contributed by atoms with Gasteiger partial charge in [0.1, 0.15) is 0 Å². The molecule has 2 rings (SSSR count). The molecule has 1 aliphatic rings. The number of benzene rings is 1. The normalized spacial score (nSPS) is 30.4. The molecule has 1 aliphatic carbocycles. The summed E-state index contributed by atoms with van der Waals surface area (Å²) in [4.78, 5) is 0. The molecule has 0 radical (unpaired) electrons. The third kappa shape index (κ3) is 1.44. The van der Waals surface area contributed by atoms with E-state index in [1.807, 2.05) is 24.3 Å². The predicted molar refractivity (Wildman–Crippen MR) is 57.4 cm³/mol. The molecule has 3 N–H and O–H groups in total. The van der Waals surface area contributed by atoms with Crippen molar-refractivity contribution in [1.29, 1.82) is 0 Å². The van der Waals surface area contributed by atoms with Gasteiger partial charge in [-0.3, -0.25) is 0 Å². The second-order valence-corrected chi connectivity index (χ2v) is 4.39. The Morgan fingerprint density at radius 2 is 2.07 bits per heavy atom. The SMILES string of the molecule is NC[C@]1(c2ccc(Cl)cc2)C[C@H]1CO. The van der Waals surface area contributed by atoms with E-state index in [1.54, 1.807) is 0 Å². The molecule has 0 amide bonds. The summed E-state index contributed by atoms with van der Waals surface area (Å²) in [5, 5.41) is 9.85. The van der Waals surface area contributed by atoms with Crippen molar-refractivity contribution < 1.29 is 5.11 Å². The van der Waals surface area contributed by atoms with Crippen LogP contribution in [0, 0.1) is 5.92 Å². The van der Waals surface area contributed by atoms with E-state index in [-0.39, 0.29) is 12.0 Å². The van der Waals surface area contributed by atoms with Crippen molar-refractivity contribution in [2.45, 2.75) is 11.8 Å². The first-order valence-corrected chi connectivity index (χ1v) is 5.18. The Bertz CT molecular complexity index is 325. The van der Waals surface area contributed by atoms with E-state index in [4.69, 9.17) is 22.4 Å². The number of aliphatic hydroxyl groups excluding tert-OH is 1. The first-order chi connectivity index (χ1) is 6.73. The van der Waals surface area contributed by atoms with Gasteiger partial charge in [0.2, 0.25) is 0 Å². The maximum Gasteiger partial charge on any atom is 0.0468 e. The molecule has 0 saturated heterocycles. The molecule has 3 heteroatoms. The minimum Gasteiger partial charge on any atom is -0.396 e. The van der Waals surface area contributed by atoms with Crippen LogP contribution in [0.3, 0.4) is 0 Å². The van der Waals surface area contributed by atoms with Crippen LogP contribution in [-0.4, -0.2) is 18.3 Å². The van der Waals surface area contributed by atoms with E-state index in [2.05, 4.69) is 0 Å². The summed E-state index contributed by atoms with van der Waals surface area (Å²) in [6.45, 7) is 0.819. The third-order valence-corrected chi connectivity index (χ3v) is 3.49. The van der Waals surface area contributed by atoms with Crippen molar-refractivity contribution in [2.24, 2.45) is 11.7 Å². The van der Waals surface area contributed by atoms with Crippen LogP contribution in [-0.2, 0) is 5.41 Å². The van der Waals surface area contributed by atoms with Crippen molar-refractivity contribution in [2.75, 3.05) is 13.2 Å². The van der Waals surface area contributed by atoms with E-state index in [0.29, 0.717) is 12.5 Å². The van der Waals surface area contributed by atoms with Gasteiger partial charge in [-0.05, 0) is 30.0 Å². The van der Waals surface area contributed by atoms with Gasteiger partial charge in [-0.1, -0.05) is 23.7 Å². The Hall–Kier alpha value is -0.570. The molecule has 1 fully saturated rings. The van der Waals surface area contributed by atoms with Crippen molar-refractivity contribution in [3.05, 3.63) is 34.9 Å². The molecule has 1 aromatic rings. The van der Waals surface area contributed by atoms with Crippen LogP contribution in [0.2, 0.25) is 5.02 Å². The quantitative estimate of drug-likeness (QED) is 0.797. The maximum atomic E-state index is 9.11. The lowest BCUT2D eigenvalue weighted by atomic mass is 9.93. The lowest BCUT2D eigenvalue weighted by molar-refractivity contribution is 0.264. The lowest BCUT2D eigenvalue weighted by Gasteiger charge is -2.14. The number of hydrogen-bond donors (Lipinski definition) is 2. The Morgan fingerprint density at radius 3 is 2.50 bits per heavy atom. The highest BCUT2D eigenvalue weighted by Gasteiger charge is 2.53. The molecule has 1 aromatic carbocycles. The van der Waals surface area contributed by atoms with Crippen LogP contribution in [0.5, 0.6) is 0 Å². The molecule has 2 atom stereocenters. The van der Waals surface area contributed by atoms with Gasteiger partial charge in [0, 0.05) is 23.6 Å². The summed E-state index contributed by atoms with van der Waals surface area (Å²) in [5.41, 5.74) is 6.97. The summed E-state index contributed by atoms with van der Waals surface area (Å²) in [5.74, 6) is 0.327. The highest BCUT2D eigenvalue weighted by Crippen LogP contribution is 2.53. The molecule has 1 saturated carbocycles. The molecular weight excluding hydrogens is 198 g/mol. The van der Waals surface area contributed by atoms with Crippen molar-refractivity contribution in [3.63, 3.8) is 0 Å². The second kappa shape index (κ2) is 3.54. The van der Waals surface area contributed by atoms with E-state index in [1.165, 1.54) is 5.56 Å². The second-order valence-electron chi connectivity index (χ2n) is 3.95. The number of rotatable bonds is 3. The van der Waals surface area contributed by atoms with Gasteiger partial charge < -0.3 is 10.8 Å². The average molecular weight is 212 g/mol. The molecule has 14 heavy (non-hydrogen) atoms. The fourth-order valence-electron chi connectivity index (χ4n) is 2.12. The molecule has 0 aliphatic heterocycles. The van der Waals surface area contributed by atoms with Gasteiger partial charge in [-0.2, -0.15) is 0 Å². The Morgan fingerprint density at radius 1 is 1.43 bits per heavy atom. The highest BCUT2D eigenvalue weighted by atomic mass is 35.5. The van der Waals surface area contributed by atoms with Crippen LogP contribution in [0.15, 0.2) is 24.3 Å². The van der Waals surface area contributed by atoms with Gasteiger partial charge in [0.15, 0.2) is 0 Å². The molecular formula is C11H14ClNO. The monoisotopic (exact) mass is 211 g/mol. The summed E-state index contributed by atoms with van der Waals surface area (Å²) in [7, 11) is 0. The predicted octanol–water partition coefficient (Wildman–Crippen LogP) is 1.55. The average Bonchev–Trinajstić information content (AvgIpc) is 2.94. The molecule has 0 bridgehead atoms. The van der Waals surface area contributed by atoms with Gasteiger partial charge in [-0.15, -0.1) is 0 Å². The summed E-state index contributed by atoms with van der Waals surface area (Å²) in [6, 6.07) is 7.76. The Labute approximate surface area is 88.7 Å². The fraction of sp³-hybridized carbons (Fsp3) is 0.455. The highest BCUT2D eigenvalue weighted by molar-refractivity contribution is 6.30. The Kier molecular flexibility index (Phi) is 2.52. The molecule has 0 heterocycles. The number of hydrogen-bond acceptors (Lipinski definition) is 2. The van der Waals surface area contributed by atoms with E-state index in [0.717, 1.165) is 11.4 Å². The Balaban J connectivity index is 2.26. The van der Waals surface area contributed by atoms with Gasteiger partial charge in [0.05, 0.1) is 0 Å². The van der Waals surface area contributed by atoms with Crippen molar-refractivity contribution in [1.82, 2.24) is 0 Å². The number of aliphatic hydroxyl groups is 1. The number of nitrogens with two attached hydrogens (primary N) is 1. The zero-order chi connectivity index (χ0) is 10.2. The van der Waals surface area contributed by atoms with Crippen LogP contribution >= 0.6 is 11.6 Å². The first-order valence-electron chi connectivity index (χ1n) is 4.80. The summed E-state index contributed by atoms with van der Waals surface area (Å²) < 4.78 is 0. The third-order valence-electron chi connectivity index (χ3n) is 3.24. The van der Waals surface area contributed by atoms with Gasteiger partial charge in [0.25, 0.3) is 0 Å². The van der Waals surface area contributed by atoms with Crippen LogP contribution < -0.4 is 5.73 Å². The van der Waals surface area contributed by atoms with Gasteiger partial charge in [-0.25, -0.2) is 0 Å². The molecule has 0 aromatic heterocycles. The van der Waals surface area contributed by atoms with E-state index in [9.17, 15) is 0 Å². The van der Waals surface area contributed by atoms with Gasteiger partial charge >= 0.3 is 0 Å². The molecule has 76 valence electrons. The fourth-order valence-corrected chi connectivity index (χ4v) is 2.25. The largest absolute Gasteiger partial charge is 0.396 e. The smallest absolute Gasteiger partial charge is 0.0468 e.